The van der Waals surface area contributed by atoms with Gasteiger partial charge in [0.25, 0.3) is 5.91 Å². The minimum Gasteiger partial charge on any atom is -0.492 e. The molecule has 0 radical (unpaired) electrons. The van der Waals surface area contributed by atoms with Crippen molar-refractivity contribution in [2.75, 3.05) is 47.4 Å². The molecule has 0 spiro atoms. The quantitative estimate of drug-likeness (QED) is 0.380. The summed E-state index contributed by atoms with van der Waals surface area (Å²) in [6, 6.07) is 15.7. The Morgan fingerprint density at radius 2 is 1.90 bits per heavy atom. The van der Waals surface area contributed by atoms with E-state index in [0.29, 0.717) is 25.3 Å². The number of nitrogens with one attached hydrogen (secondary N) is 3. The summed E-state index contributed by atoms with van der Waals surface area (Å²) in [6.45, 7) is 5.56. The Hall–Kier alpha value is -3.06. The van der Waals surface area contributed by atoms with Crippen molar-refractivity contribution in [2.24, 2.45) is 4.99 Å². The highest BCUT2D eigenvalue weighted by molar-refractivity contribution is 5.94. The Morgan fingerprint density at radius 3 is 2.65 bits per heavy atom. The molecule has 0 saturated heterocycles. The minimum absolute atomic E-state index is 0.0730. The number of benzene rings is 2. The van der Waals surface area contributed by atoms with E-state index < -0.39 is 0 Å². The minimum atomic E-state index is -0.0730. The number of hydrogen-bond donors (Lipinski definition) is 3. The van der Waals surface area contributed by atoms with Gasteiger partial charge in [0, 0.05) is 37.8 Å². The largest absolute Gasteiger partial charge is 0.492 e. The summed E-state index contributed by atoms with van der Waals surface area (Å²) < 4.78 is 5.93. The molecule has 0 bridgehead atoms. The summed E-state index contributed by atoms with van der Waals surface area (Å²) in [5, 5.41) is 9.31. The highest BCUT2D eigenvalue weighted by atomic mass is 16.5. The molecule has 2 aromatic carbocycles. The highest BCUT2D eigenvalue weighted by Crippen LogP contribution is 2.18. The van der Waals surface area contributed by atoms with Crippen molar-refractivity contribution < 1.29 is 9.53 Å². The molecule has 2 aromatic rings. The molecule has 0 aliphatic rings. The second kappa shape index (κ2) is 13.3. The molecule has 7 nitrogen and oxygen atoms in total. The first-order valence-electron chi connectivity index (χ1n) is 10.7. The Morgan fingerprint density at radius 1 is 1.10 bits per heavy atom. The molecule has 0 unspecified atom stereocenters. The molecule has 7 heteroatoms. The van der Waals surface area contributed by atoms with Gasteiger partial charge in [-0.15, -0.1) is 0 Å². The zero-order chi connectivity index (χ0) is 22.5. The van der Waals surface area contributed by atoms with Crippen molar-refractivity contribution in [1.29, 1.82) is 0 Å². The van der Waals surface area contributed by atoms with Crippen molar-refractivity contribution in [3.63, 3.8) is 0 Å². The van der Waals surface area contributed by atoms with Gasteiger partial charge in [0.15, 0.2) is 5.96 Å². The standard InChI is InChI=1S/C24H35N5O2/c1-5-26-24(27-14-13-19-9-8-11-20(17-19)23(30)25-2)28-18-21-10-6-7-12-22(21)31-16-15-29(3)4/h6-12,17H,5,13-16,18H2,1-4H3,(H,25,30)(H2,26,27,28). The van der Waals surface area contributed by atoms with E-state index in [1.165, 1.54) is 0 Å². The predicted molar refractivity (Wildman–Crippen MR) is 127 cm³/mol. The van der Waals surface area contributed by atoms with E-state index in [1.807, 2.05) is 69.6 Å². The van der Waals surface area contributed by atoms with Gasteiger partial charge in [0.05, 0.1) is 6.54 Å². The normalized spacial score (nSPS) is 11.3. The monoisotopic (exact) mass is 425 g/mol. The van der Waals surface area contributed by atoms with Gasteiger partial charge < -0.3 is 25.6 Å². The molecule has 0 aliphatic heterocycles. The summed E-state index contributed by atoms with van der Waals surface area (Å²) in [7, 11) is 5.70. The molecule has 0 saturated carbocycles. The van der Waals surface area contributed by atoms with Crippen LogP contribution < -0.4 is 20.7 Å². The van der Waals surface area contributed by atoms with Crippen LogP contribution in [0.15, 0.2) is 53.5 Å². The molecule has 3 N–H and O–H groups in total. The molecule has 2 rings (SSSR count). The summed E-state index contributed by atoms with van der Waals surface area (Å²) in [5.74, 6) is 1.55. The Labute approximate surface area is 185 Å². The zero-order valence-corrected chi connectivity index (χ0v) is 19.1. The van der Waals surface area contributed by atoms with Crippen LogP contribution in [0.5, 0.6) is 5.75 Å². The van der Waals surface area contributed by atoms with Crippen LogP contribution in [0.2, 0.25) is 0 Å². The average Bonchev–Trinajstić information content (AvgIpc) is 2.77. The number of amides is 1. The van der Waals surface area contributed by atoms with Crippen LogP contribution in [-0.2, 0) is 13.0 Å². The number of rotatable bonds is 11. The van der Waals surface area contributed by atoms with Gasteiger partial charge in [-0.1, -0.05) is 30.3 Å². The van der Waals surface area contributed by atoms with Gasteiger partial charge in [0.2, 0.25) is 0 Å². The van der Waals surface area contributed by atoms with Gasteiger partial charge in [-0.3, -0.25) is 4.79 Å². The van der Waals surface area contributed by atoms with E-state index in [4.69, 9.17) is 9.73 Å². The lowest BCUT2D eigenvalue weighted by Gasteiger charge is -2.14. The van der Waals surface area contributed by atoms with Gasteiger partial charge >= 0.3 is 0 Å². The zero-order valence-electron chi connectivity index (χ0n) is 19.1. The first kappa shape index (κ1) is 24.2. The maximum atomic E-state index is 11.8. The number of para-hydroxylation sites is 1. The Balaban J connectivity index is 1.94. The second-order valence-corrected chi connectivity index (χ2v) is 7.41. The van der Waals surface area contributed by atoms with Crippen LogP contribution >= 0.6 is 0 Å². The van der Waals surface area contributed by atoms with Crippen LogP contribution in [0.25, 0.3) is 0 Å². The average molecular weight is 426 g/mol. The molecule has 0 heterocycles. The van der Waals surface area contributed by atoms with Crippen LogP contribution in [0, 0.1) is 0 Å². The third-order valence-electron chi connectivity index (χ3n) is 4.64. The molecule has 0 fully saturated rings. The summed E-state index contributed by atoms with van der Waals surface area (Å²) in [4.78, 5) is 18.6. The van der Waals surface area contributed by atoms with Gasteiger partial charge in [-0.05, 0) is 51.2 Å². The van der Waals surface area contributed by atoms with Crippen LogP contribution in [0.4, 0.5) is 0 Å². The summed E-state index contributed by atoms with van der Waals surface area (Å²) in [6.07, 6.45) is 0.791. The molecule has 0 atom stereocenters. The number of carbonyl (C=O) groups is 1. The van der Waals surface area contributed by atoms with E-state index in [0.717, 1.165) is 42.3 Å². The lowest BCUT2D eigenvalue weighted by atomic mass is 10.1. The third-order valence-corrected chi connectivity index (χ3v) is 4.64. The van der Waals surface area contributed by atoms with Crippen molar-refractivity contribution in [3.8, 4) is 5.75 Å². The molecule has 1 amide bonds. The first-order valence-corrected chi connectivity index (χ1v) is 10.7. The van der Waals surface area contributed by atoms with E-state index >= 15 is 0 Å². The van der Waals surface area contributed by atoms with Crippen molar-refractivity contribution in [3.05, 3.63) is 65.2 Å². The fourth-order valence-corrected chi connectivity index (χ4v) is 2.96. The lowest BCUT2D eigenvalue weighted by molar-refractivity contribution is 0.0963. The number of hydrogen-bond acceptors (Lipinski definition) is 4. The first-order chi connectivity index (χ1) is 15.0. The van der Waals surface area contributed by atoms with Gasteiger partial charge in [-0.2, -0.15) is 0 Å². The fraction of sp³-hybridized carbons (Fsp3) is 0.417. The topological polar surface area (TPSA) is 78.0 Å². The third kappa shape index (κ3) is 8.68. The smallest absolute Gasteiger partial charge is 0.251 e. The maximum Gasteiger partial charge on any atom is 0.251 e. The Bertz CT molecular complexity index is 851. The predicted octanol–water partition coefficient (Wildman–Crippen LogP) is 2.28. The maximum absolute atomic E-state index is 11.8. The number of likely N-dealkylation sites (N-methyl/N-ethyl adjacent to an activating group) is 1. The summed E-state index contributed by atoms with van der Waals surface area (Å²) in [5.41, 5.74) is 2.83. The van der Waals surface area contributed by atoms with Crippen LogP contribution in [0.3, 0.4) is 0 Å². The number of ether oxygens (including phenoxy) is 1. The van der Waals surface area contributed by atoms with Crippen molar-refractivity contribution in [2.45, 2.75) is 19.9 Å². The van der Waals surface area contributed by atoms with Crippen molar-refractivity contribution in [1.82, 2.24) is 20.9 Å². The van der Waals surface area contributed by atoms with Crippen LogP contribution in [-0.4, -0.2) is 64.2 Å². The fourth-order valence-electron chi connectivity index (χ4n) is 2.96. The Kier molecular flexibility index (Phi) is 10.4. The van der Waals surface area contributed by atoms with Gasteiger partial charge in [0.1, 0.15) is 12.4 Å². The SMILES string of the molecule is CCNC(=NCc1ccccc1OCCN(C)C)NCCc1cccc(C(=O)NC)c1. The molecule has 0 aromatic heterocycles. The molecule has 168 valence electrons. The number of guanidine groups is 1. The highest BCUT2D eigenvalue weighted by Gasteiger charge is 2.06. The number of nitrogens with zero attached hydrogens (tertiary/aromatic N) is 2. The van der Waals surface area contributed by atoms with E-state index in [-0.39, 0.29) is 5.91 Å². The van der Waals surface area contributed by atoms with Crippen molar-refractivity contribution >= 4 is 11.9 Å². The summed E-state index contributed by atoms with van der Waals surface area (Å²) >= 11 is 0. The number of carbonyl (C=O) groups excluding carboxylic acids is 1. The molecular weight excluding hydrogens is 390 g/mol. The van der Waals surface area contributed by atoms with E-state index in [1.54, 1.807) is 7.05 Å². The second-order valence-electron chi connectivity index (χ2n) is 7.41. The van der Waals surface area contributed by atoms with E-state index in [2.05, 4.69) is 20.9 Å². The lowest BCUT2D eigenvalue weighted by Crippen LogP contribution is -2.38. The van der Waals surface area contributed by atoms with Gasteiger partial charge in [-0.25, -0.2) is 4.99 Å². The number of aliphatic imine (C=N–C) groups is 1. The molecule has 31 heavy (non-hydrogen) atoms. The van der Waals surface area contributed by atoms with Crippen LogP contribution in [0.1, 0.15) is 28.4 Å². The molecular formula is C24H35N5O2. The molecule has 0 aliphatic carbocycles. The van der Waals surface area contributed by atoms with E-state index in [9.17, 15) is 4.79 Å².